The van der Waals surface area contributed by atoms with Crippen LogP contribution in [-0.4, -0.2) is 24.5 Å². The van der Waals surface area contributed by atoms with Crippen LogP contribution in [0.5, 0.6) is 0 Å². The molecule has 2 nitrogen and oxygen atoms in total. The first-order chi connectivity index (χ1) is 6.77. The first-order valence-electron chi connectivity index (χ1n) is 4.44. The molecule has 0 aliphatic heterocycles. The molecule has 0 amide bonds. The number of halogens is 1. The average Bonchev–Trinajstić information content (AvgIpc) is 2.17. The molecule has 0 radical (unpaired) electrons. The van der Waals surface area contributed by atoms with Crippen molar-refractivity contribution in [2.24, 2.45) is 0 Å². The molecule has 0 aliphatic carbocycles. The summed E-state index contributed by atoms with van der Waals surface area (Å²) in [5, 5.41) is 11.8. The molecule has 0 fully saturated rings. The van der Waals surface area contributed by atoms with E-state index in [0.717, 1.165) is 16.8 Å². The van der Waals surface area contributed by atoms with Gasteiger partial charge in [0.1, 0.15) is 0 Å². The molecule has 4 heteroatoms. The highest BCUT2D eigenvalue weighted by Crippen LogP contribution is 2.28. The van der Waals surface area contributed by atoms with Gasteiger partial charge in [0.2, 0.25) is 0 Å². The number of hydrogen-bond donors (Lipinski definition) is 2. The van der Waals surface area contributed by atoms with E-state index in [1.54, 1.807) is 11.8 Å². The van der Waals surface area contributed by atoms with Gasteiger partial charge < -0.3 is 10.4 Å². The van der Waals surface area contributed by atoms with E-state index >= 15 is 0 Å². The van der Waals surface area contributed by atoms with Crippen molar-refractivity contribution < 1.29 is 5.11 Å². The van der Waals surface area contributed by atoms with Crippen molar-refractivity contribution in [3.05, 3.63) is 28.2 Å². The Morgan fingerprint density at radius 3 is 2.86 bits per heavy atom. The van der Waals surface area contributed by atoms with Crippen molar-refractivity contribution in [2.75, 3.05) is 19.4 Å². The molecule has 2 N–H and O–H groups in total. The largest absolute Gasteiger partial charge is 0.396 e. The molecule has 1 aromatic carbocycles. The van der Waals surface area contributed by atoms with Crippen LogP contribution in [0, 0.1) is 0 Å². The van der Waals surface area contributed by atoms with Crippen molar-refractivity contribution in [3.63, 3.8) is 0 Å². The van der Waals surface area contributed by atoms with E-state index in [1.165, 1.54) is 10.5 Å². The number of benzene rings is 1. The van der Waals surface area contributed by atoms with Crippen LogP contribution in [0.15, 0.2) is 27.6 Å². The van der Waals surface area contributed by atoms with Gasteiger partial charge in [-0.05, 0) is 40.7 Å². The van der Waals surface area contributed by atoms with Crippen LogP contribution in [0.3, 0.4) is 0 Å². The lowest BCUT2D eigenvalue weighted by molar-refractivity contribution is 0.322. The lowest BCUT2D eigenvalue weighted by atomic mass is 10.2. The summed E-state index contributed by atoms with van der Waals surface area (Å²) in [6, 6.07) is 6.29. The minimum absolute atomic E-state index is 0.218. The maximum absolute atomic E-state index is 8.71. The molecule has 0 atom stereocenters. The van der Waals surface area contributed by atoms with Crippen molar-refractivity contribution in [3.8, 4) is 0 Å². The van der Waals surface area contributed by atoms with Gasteiger partial charge in [-0.2, -0.15) is 0 Å². The van der Waals surface area contributed by atoms with Gasteiger partial charge in [-0.3, -0.25) is 0 Å². The monoisotopic (exact) mass is 275 g/mol. The lowest BCUT2D eigenvalue weighted by Gasteiger charge is -2.06. The molecule has 0 heterocycles. The van der Waals surface area contributed by atoms with Crippen LogP contribution < -0.4 is 5.32 Å². The predicted molar refractivity (Wildman–Crippen MR) is 64.7 cm³/mol. The van der Waals surface area contributed by atoms with Crippen LogP contribution in [0.1, 0.15) is 5.56 Å². The Bertz CT molecular complexity index is 293. The highest BCUT2D eigenvalue weighted by atomic mass is 79.9. The SMILES string of the molecule is CNCc1ccc(SCCO)c(Br)c1. The molecule has 0 saturated heterocycles. The Balaban J connectivity index is 2.68. The minimum atomic E-state index is 0.218. The second kappa shape index (κ2) is 6.45. The number of rotatable bonds is 5. The van der Waals surface area contributed by atoms with E-state index in [4.69, 9.17) is 5.11 Å². The second-order valence-electron chi connectivity index (χ2n) is 2.87. The third-order valence-corrected chi connectivity index (χ3v) is 3.70. The fraction of sp³-hybridized carbons (Fsp3) is 0.400. The van der Waals surface area contributed by atoms with E-state index in [0.29, 0.717) is 0 Å². The first-order valence-corrected chi connectivity index (χ1v) is 6.22. The Morgan fingerprint density at radius 1 is 1.50 bits per heavy atom. The molecule has 0 spiro atoms. The van der Waals surface area contributed by atoms with E-state index in [1.807, 2.05) is 7.05 Å². The highest BCUT2D eigenvalue weighted by molar-refractivity contribution is 9.10. The molecule has 0 bridgehead atoms. The van der Waals surface area contributed by atoms with Crippen molar-refractivity contribution in [2.45, 2.75) is 11.4 Å². The Hall–Kier alpha value is -0.0300. The maximum atomic E-state index is 8.71. The Morgan fingerprint density at radius 2 is 2.29 bits per heavy atom. The number of hydrogen-bond acceptors (Lipinski definition) is 3. The molecule has 0 aliphatic rings. The zero-order chi connectivity index (χ0) is 10.4. The zero-order valence-electron chi connectivity index (χ0n) is 8.09. The average molecular weight is 276 g/mol. The van der Waals surface area contributed by atoms with Crippen molar-refractivity contribution in [1.29, 1.82) is 0 Å². The lowest BCUT2D eigenvalue weighted by Crippen LogP contribution is -2.04. The third-order valence-electron chi connectivity index (χ3n) is 1.73. The summed E-state index contributed by atoms with van der Waals surface area (Å²) in [5.41, 5.74) is 1.26. The summed E-state index contributed by atoms with van der Waals surface area (Å²) in [5.74, 6) is 0.740. The maximum Gasteiger partial charge on any atom is 0.0525 e. The molecule has 0 aromatic heterocycles. The molecular formula is C10H14BrNOS. The van der Waals surface area contributed by atoms with Crippen LogP contribution in [0.25, 0.3) is 0 Å². The van der Waals surface area contributed by atoms with Gasteiger partial charge in [-0.1, -0.05) is 6.07 Å². The second-order valence-corrected chi connectivity index (χ2v) is 4.86. The van der Waals surface area contributed by atoms with E-state index in [9.17, 15) is 0 Å². The number of nitrogens with one attached hydrogen (secondary N) is 1. The van der Waals surface area contributed by atoms with Crippen molar-refractivity contribution >= 4 is 27.7 Å². The number of thioether (sulfide) groups is 1. The standard InChI is InChI=1S/C10H14BrNOS/c1-12-7-8-2-3-10(9(11)6-8)14-5-4-13/h2-3,6,12-13H,4-5,7H2,1H3. The Labute approximate surface area is 97.2 Å². The van der Waals surface area contributed by atoms with Crippen LogP contribution in [-0.2, 0) is 6.54 Å². The summed E-state index contributed by atoms with van der Waals surface area (Å²) in [6.07, 6.45) is 0. The molecule has 0 saturated carbocycles. The molecular weight excluding hydrogens is 262 g/mol. The normalized spacial score (nSPS) is 10.5. The first kappa shape index (κ1) is 12.0. The van der Waals surface area contributed by atoms with Crippen LogP contribution in [0.4, 0.5) is 0 Å². The van der Waals surface area contributed by atoms with Gasteiger partial charge in [0.05, 0.1) is 6.61 Å². The van der Waals surface area contributed by atoms with E-state index in [-0.39, 0.29) is 6.61 Å². The van der Waals surface area contributed by atoms with Gasteiger partial charge in [0.15, 0.2) is 0 Å². The van der Waals surface area contributed by atoms with Crippen LogP contribution in [0.2, 0.25) is 0 Å². The van der Waals surface area contributed by atoms with Gasteiger partial charge in [0, 0.05) is 21.7 Å². The fourth-order valence-electron chi connectivity index (χ4n) is 1.13. The topological polar surface area (TPSA) is 32.3 Å². The molecule has 1 aromatic rings. The molecule has 14 heavy (non-hydrogen) atoms. The summed E-state index contributed by atoms with van der Waals surface area (Å²) >= 11 is 5.17. The number of aliphatic hydroxyl groups is 1. The Kier molecular flexibility index (Phi) is 5.55. The highest BCUT2D eigenvalue weighted by Gasteiger charge is 2.01. The predicted octanol–water partition coefficient (Wildman–Crippen LogP) is 2.25. The molecule has 78 valence electrons. The molecule has 1 rings (SSSR count). The summed E-state index contributed by atoms with van der Waals surface area (Å²) in [7, 11) is 1.93. The van der Waals surface area contributed by atoms with Gasteiger partial charge >= 0.3 is 0 Å². The van der Waals surface area contributed by atoms with Gasteiger partial charge in [0.25, 0.3) is 0 Å². The summed E-state index contributed by atoms with van der Waals surface area (Å²) < 4.78 is 1.10. The number of aliphatic hydroxyl groups excluding tert-OH is 1. The van der Waals surface area contributed by atoms with Gasteiger partial charge in [-0.25, -0.2) is 0 Å². The summed E-state index contributed by atoms with van der Waals surface area (Å²) in [4.78, 5) is 1.18. The molecule has 0 unspecified atom stereocenters. The minimum Gasteiger partial charge on any atom is -0.396 e. The summed E-state index contributed by atoms with van der Waals surface area (Å²) in [6.45, 7) is 1.10. The quantitative estimate of drug-likeness (QED) is 0.809. The fourth-order valence-corrected chi connectivity index (χ4v) is 2.57. The van der Waals surface area contributed by atoms with E-state index in [2.05, 4.69) is 39.4 Å². The third kappa shape index (κ3) is 3.61. The smallest absolute Gasteiger partial charge is 0.0525 e. The van der Waals surface area contributed by atoms with Gasteiger partial charge in [-0.15, -0.1) is 11.8 Å². The zero-order valence-corrected chi connectivity index (χ0v) is 10.5. The van der Waals surface area contributed by atoms with E-state index < -0.39 is 0 Å². The van der Waals surface area contributed by atoms with Crippen LogP contribution >= 0.6 is 27.7 Å². The van der Waals surface area contributed by atoms with Crippen molar-refractivity contribution in [1.82, 2.24) is 5.32 Å².